The highest BCUT2D eigenvalue weighted by Gasteiger charge is 2.23. The maximum Gasteiger partial charge on any atom is 0.379 e. The largest absolute Gasteiger partial charge is 0.447 e. The number of hydrogen-bond acceptors (Lipinski definition) is 8. The Morgan fingerprint density at radius 1 is 1.15 bits per heavy atom. The van der Waals surface area contributed by atoms with Crippen LogP contribution in [0.5, 0.6) is 0 Å². The molecule has 3 aromatic heterocycles. The van der Waals surface area contributed by atoms with E-state index in [9.17, 15) is 4.79 Å². The van der Waals surface area contributed by atoms with Gasteiger partial charge in [0.05, 0.1) is 0 Å². The topological polar surface area (TPSA) is 108 Å². The van der Waals surface area contributed by atoms with Crippen LogP contribution >= 0.6 is 0 Å². The number of aryl methyl sites for hydroxylation is 2. The van der Waals surface area contributed by atoms with Gasteiger partial charge in [0.1, 0.15) is 0 Å². The second-order valence-electron chi connectivity index (χ2n) is 6.05. The number of rotatable bonds is 4. The monoisotopic (exact) mass is 364 g/mol. The minimum Gasteiger partial charge on any atom is -0.447 e. The van der Waals surface area contributed by atoms with E-state index in [1.165, 1.54) is 4.52 Å². The summed E-state index contributed by atoms with van der Waals surface area (Å²) in [5.74, 6) is 0.123. The van der Waals surface area contributed by atoms with Crippen LogP contribution in [-0.2, 0) is 4.74 Å². The molecule has 0 bridgehead atoms. The van der Waals surface area contributed by atoms with Crippen LogP contribution in [0, 0.1) is 13.8 Å². The number of nitrogens with zero attached hydrogens (tertiary/aromatic N) is 6. The molecule has 0 radical (unpaired) electrons. The van der Waals surface area contributed by atoms with Crippen LogP contribution in [0.2, 0.25) is 0 Å². The van der Waals surface area contributed by atoms with Crippen LogP contribution in [0.1, 0.15) is 40.9 Å². The van der Waals surface area contributed by atoms with E-state index in [4.69, 9.17) is 9.15 Å². The van der Waals surface area contributed by atoms with Gasteiger partial charge in [-0.05, 0) is 39.0 Å². The predicted octanol–water partition coefficient (Wildman–Crippen LogP) is 2.71. The van der Waals surface area contributed by atoms with Crippen molar-refractivity contribution in [3.8, 4) is 11.5 Å². The molecule has 0 fully saturated rings. The van der Waals surface area contributed by atoms with Gasteiger partial charge in [0.15, 0.2) is 6.10 Å². The first-order chi connectivity index (χ1) is 13.0. The van der Waals surface area contributed by atoms with Crippen molar-refractivity contribution in [1.82, 2.24) is 29.8 Å². The zero-order valence-corrected chi connectivity index (χ0v) is 14.9. The lowest BCUT2D eigenvalue weighted by molar-refractivity contribution is 0.0266. The van der Waals surface area contributed by atoms with Crippen LogP contribution < -0.4 is 0 Å². The molecule has 9 heteroatoms. The van der Waals surface area contributed by atoms with Crippen molar-refractivity contribution in [3.05, 3.63) is 59.5 Å². The highest BCUT2D eigenvalue weighted by Crippen LogP contribution is 2.22. The van der Waals surface area contributed by atoms with E-state index < -0.39 is 12.1 Å². The minimum atomic E-state index is -0.745. The number of benzene rings is 1. The van der Waals surface area contributed by atoms with Crippen molar-refractivity contribution >= 4 is 11.7 Å². The molecule has 27 heavy (non-hydrogen) atoms. The first-order valence-electron chi connectivity index (χ1n) is 8.32. The molecule has 4 aromatic rings. The predicted molar refractivity (Wildman–Crippen MR) is 93.8 cm³/mol. The first-order valence-corrected chi connectivity index (χ1v) is 8.32. The van der Waals surface area contributed by atoms with Gasteiger partial charge in [-0.2, -0.15) is 4.98 Å². The highest BCUT2D eigenvalue weighted by molar-refractivity contribution is 5.85. The Balaban J connectivity index is 1.53. The lowest BCUT2D eigenvalue weighted by atomic mass is 10.2. The van der Waals surface area contributed by atoms with E-state index in [0.717, 1.165) is 17.0 Å². The standard InChI is InChI=1S/C18H16N6O3/c1-10-9-11(2)24-18(19-10)20-14(23-24)17(25)26-12(3)15-21-22-16(27-15)13-7-5-4-6-8-13/h4-9,12H,1-3H3/t12-/m0/s1. The van der Waals surface area contributed by atoms with E-state index in [0.29, 0.717) is 11.7 Å². The summed E-state index contributed by atoms with van der Waals surface area (Å²) in [4.78, 5) is 20.8. The summed E-state index contributed by atoms with van der Waals surface area (Å²) < 4.78 is 12.5. The summed E-state index contributed by atoms with van der Waals surface area (Å²) in [6.07, 6.45) is -0.745. The van der Waals surface area contributed by atoms with Crippen LogP contribution in [-0.4, -0.2) is 35.7 Å². The van der Waals surface area contributed by atoms with Crippen molar-refractivity contribution in [3.63, 3.8) is 0 Å². The maximum absolute atomic E-state index is 12.4. The van der Waals surface area contributed by atoms with Crippen LogP contribution in [0.15, 0.2) is 40.8 Å². The van der Waals surface area contributed by atoms with Gasteiger partial charge in [-0.25, -0.2) is 14.3 Å². The van der Waals surface area contributed by atoms with Gasteiger partial charge in [0.25, 0.3) is 17.5 Å². The molecule has 0 aliphatic rings. The van der Waals surface area contributed by atoms with Gasteiger partial charge in [-0.1, -0.05) is 18.2 Å². The third-order valence-electron chi connectivity index (χ3n) is 3.89. The summed E-state index contributed by atoms with van der Waals surface area (Å²) in [5, 5.41) is 12.1. The maximum atomic E-state index is 12.4. The minimum absolute atomic E-state index is 0.0779. The number of carbonyl (C=O) groups is 1. The van der Waals surface area contributed by atoms with Gasteiger partial charge in [0, 0.05) is 17.0 Å². The van der Waals surface area contributed by atoms with E-state index >= 15 is 0 Å². The Kier molecular flexibility index (Phi) is 4.11. The smallest absolute Gasteiger partial charge is 0.379 e. The van der Waals surface area contributed by atoms with Crippen molar-refractivity contribution in [1.29, 1.82) is 0 Å². The summed E-state index contributed by atoms with van der Waals surface area (Å²) in [6, 6.07) is 11.2. The summed E-state index contributed by atoms with van der Waals surface area (Å²) in [6.45, 7) is 5.35. The van der Waals surface area contributed by atoms with E-state index in [-0.39, 0.29) is 11.7 Å². The number of fused-ring (bicyclic) bond motifs is 1. The molecule has 9 nitrogen and oxygen atoms in total. The second-order valence-corrected chi connectivity index (χ2v) is 6.05. The second kappa shape index (κ2) is 6.60. The Labute approximate surface area is 154 Å². The molecule has 0 amide bonds. The Bertz CT molecular complexity index is 1120. The van der Waals surface area contributed by atoms with Crippen molar-refractivity contribution in [2.75, 3.05) is 0 Å². The number of esters is 1. The lowest BCUT2D eigenvalue weighted by Crippen LogP contribution is -2.11. The third-order valence-corrected chi connectivity index (χ3v) is 3.89. The molecule has 3 heterocycles. The molecule has 1 atom stereocenters. The molecule has 0 saturated carbocycles. The molecule has 0 saturated heterocycles. The van der Waals surface area contributed by atoms with Crippen molar-refractivity contribution in [2.45, 2.75) is 26.9 Å². The highest BCUT2D eigenvalue weighted by atomic mass is 16.6. The zero-order chi connectivity index (χ0) is 19.0. The van der Waals surface area contributed by atoms with E-state index in [1.807, 2.05) is 50.2 Å². The van der Waals surface area contributed by atoms with Gasteiger partial charge < -0.3 is 9.15 Å². The fourth-order valence-electron chi connectivity index (χ4n) is 2.61. The number of aromatic nitrogens is 6. The Morgan fingerprint density at radius 3 is 2.70 bits per heavy atom. The van der Waals surface area contributed by atoms with Crippen molar-refractivity contribution < 1.29 is 13.9 Å². The van der Waals surface area contributed by atoms with Crippen LogP contribution in [0.4, 0.5) is 0 Å². The average Bonchev–Trinajstić information content (AvgIpc) is 3.30. The zero-order valence-electron chi connectivity index (χ0n) is 14.9. The molecule has 0 aliphatic carbocycles. The molecule has 0 N–H and O–H groups in total. The van der Waals surface area contributed by atoms with Crippen molar-refractivity contribution in [2.24, 2.45) is 0 Å². The normalized spacial score (nSPS) is 12.3. The number of hydrogen-bond donors (Lipinski definition) is 0. The quantitative estimate of drug-likeness (QED) is 0.509. The summed E-state index contributed by atoms with van der Waals surface area (Å²) in [7, 11) is 0. The van der Waals surface area contributed by atoms with Gasteiger partial charge in [-0.3, -0.25) is 0 Å². The van der Waals surface area contributed by atoms with Gasteiger partial charge in [0.2, 0.25) is 5.89 Å². The molecule has 0 unspecified atom stereocenters. The molecule has 0 aliphatic heterocycles. The van der Waals surface area contributed by atoms with Crippen LogP contribution in [0.3, 0.4) is 0 Å². The van der Waals surface area contributed by atoms with Gasteiger partial charge >= 0.3 is 5.97 Å². The Morgan fingerprint density at radius 2 is 1.93 bits per heavy atom. The average molecular weight is 364 g/mol. The SMILES string of the molecule is Cc1cc(C)n2nc(C(=O)O[C@@H](C)c3nnc(-c4ccccc4)o3)nc2n1. The third kappa shape index (κ3) is 3.26. The molecule has 136 valence electrons. The molecule has 1 aromatic carbocycles. The first kappa shape index (κ1) is 16.8. The van der Waals surface area contributed by atoms with Crippen LogP contribution in [0.25, 0.3) is 17.2 Å². The molecular weight excluding hydrogens is 348 g/mol. The molecular formula is C18H16N6O3. The summed E-state index contributed by atoms with van der Waals surface area (Å²) >= 11 is 0. The van der Waals surface area contributed by atoms with E-state index in [2.05, 4.69) is 25.3 Å². The Hall–Kier alpha value is -3.62. The van der Waals surface area contributed by atoms with E-state index in [1.54, 1.807) is 6.92 Å². The molecule has 0 spiro atoms. The lowest BCUT2D eigenvalue weighted by Gasteiger charge is -2.06. The van der Waals surface area contributed by atoms with Gasteiger partial charge in [-0.15, -0.1) is 15.3 Å². The number of carbonyl (C=O) groups excluding carboxylic acids is 1. The number of ether oxygens (including phenoxy) is 1. The fourth-order valence-corrected chi connectivity index (χ4v) is 2.61. The molecule has 4 rings (SSSR count). The fraction of sp³-hybridized carbons (Fsp3) is 0.222. The summed E-state index contributed by atoms with van der Waals surface area (Å²) in [5.41, 5.74) is 2.40.